The van der Waals surface area contributed by atoms with Crippen LogP contribution in [-0.4, -0.2) is 35.4 Å². The number of nitrogens with zero attached hydrogens (tertiary/aromatic N) is 2. The Morgan fingerprint density at radius 3 is 2.63 bits per heavy atom. The normalized spacial score (nSPS) is 23.7. The summed E-state index contributed by atoms with van der Waals surface area (Å²) < 4.78 is 38.2. The molecule has 1 aliphatic rings. The van der Waals surface area contributed by atoms with Crippen LogP contribution >= 0.6 is 11.6 Å². The van der Waals surface area contributed by atoms with E-state index in [2.05, 4.69) is 0 Å². The van der Waals surface area contributed by atoms with E-state index in [9.17, 15) is 18.0 Å². The predicted octanol–water partition coefficient (Wildman–Crippen LogP) is 3.09. The lowest BCUT2D eigenvalue weighted by Gasteiger charge is -2.37. The first-order chi connectivity index (χ1) is 8.90. The van der Waals surface area contributed by atoms with E-state index in [0.29, 0.717) is 12.8 Å². The van der Waals surface area contributed by atoms with Gasteiger partial charge in [-0.1, -0.05) is 6.42 Å². The first-order valence-corrected chi connectivity index (χ1v) is 6.72. The largest absolute Gasteiger partial charge is 0.391 e. The molecule has 0 saturated heterocycles. The number of carbonyl (C=O) groups is 1. The van der Waals surface area contributed by atoms with Gasteiger partial charge in [0.25, 0.3) is 0 Å². The van der Waals surface area contributed by atoms with E-state index in [1.807, 2.05) is 6.07 Å². The van der Waals surface area contributed by atoms with Gasteiger partial charge in [0.05, 0.1) is 18.4 Å². The Labute approximate surface area is 115 Å². The van der Waals surface area contributed by atoms with E-state index in [1.165, 1.54) is 4.90 Å². The van der Waals surface area contributed by atoms with Crippen molar-refractivity contribution in [2.24, 2.45) is 5.92 Å². The Bertz CT molecular complexity index is 354. The van der Waals surface area contributed by atoms with Crippen LogP contribution in [0.3, 0.4) is 0 Å². The van der Waals surface area contributed by atoms with Crippen LogP contribution in [0.4, 0.5) is 13.2 Å². The number of amides is 1. The predicted molar refractivity (Wildman–Crippen MR) is 64.5 cm³/mol. The number of alkyl halides is 4. The Hall–Kier alpha value is -0.960. The third-order valence-corrected chi connectivity index (χ3v) is 3.68. The van der Waals surface area contributed by atoms with Crippen molar-refractivity contribution in [3.63, 3.8) is 0 Å². The molecule has 0 aromatic heterocycles. The molecule has 2 atom stereocenters. The molecule has 7 heteroatoms. The van der Waals surface area contributed by atoms with E-state index >= 15 is 0 Å². The van der Waals surface area contributed by atoms with Crippen molar-refractivity contribution in [2.45, 2.75) is 44.3 Å². The maximum absolute atomic E-state index is 12.7. The van der Waals surface area contributed by atoms with Crippen LogP contribution in [0.5, 0.6) is 0 Å². The fourth-order valence-corrected chi connectivity index (χ4v) is 2.66. The van der Waals surface area contributed by atoms with Gasteiger partial charge in [0.15, 0.2) is 0 Å². The highest BCUT2D eigenvalue weighted by Gasteiger charge is 2.43. The summed E-state index contributed by atoms with van der Waals surface area (Å²) in [6, 6.07) is 1.44. The quantitative estimate of drug-likeness (QED) is 0.748. The van der Waals surface area contributed by atoms with Gasteiger partial charge in [-0.3, -0.25) is 4.79 Å². The third kappa shape index (κ3) is 4.57. The molecule has 0 spiro atoms. The van der Waals surface area contributed by atoms with Gasteiger partial charge in [-0.15, -0.1) is 11.6 Å². The molecule has 1 saturated carbocycles. The highest BCUT2D eigenvalue weighted by Crippen LogP contribution is 2.39. The minimum atomic E-state index is -4.22. The molecule has 0 bridgehead atoms. The number of halogens is 4. The summed E-state index contributed by atoms with van der Waals surface area (Å²) in [5.74, 6) is -2.03. The van der Waals surface area contributed by atoms with Gasteiger partial charge >= 0.3 is 6.18 Å². The Morgan fingerprint density at radius 1 is 1.42 bits per heavy atom. The van der Waals surface area contributed by atoms with Gasteiger partial charge in [0.1, 0.15) is 5.88 Å². The topological polar surface area (TPSA) is 44.1 Å². The van der Waals surface area contributed by atoms with Crippen molar-refractivity contribution in [1.82, 2.24) is 4.90 Å². The van der Waals surface area contributed by atoms with E-state index in [-0.39, 0.29) is 31.7 Å². The molecule has 19 heavy (non-hydrogen) atoms. The summed E-state index contributed by atoms with van der Waals surface area (Å²) in [6.07, 6.45) is -3.10. The number of carbonyl (C=O) groups excluding carboxylic acids is 1. The van der Waals surface area contributed by atoms with E-state index < -0.39 is 24.0 Å². The molecule has 108 valence electrons. The number of nitriles is 1. The fourth-order valence-electron chi connectivity index (χ4n) is 2.50. The van der Waals surface area contributed by atoms with Crippen molar-refractivity contribution < 1.29 is 18.0 Å². The first kappa shape index (κ1) is 16.1. The van der Waals surface area contributed by atoms with E-state index in [1.54, 1.807) is 0 Å². The summed E-state index contributed by atoms with van der Waals surface area (Å²) in [5.41, 5.74) is 0. The maximum Gasteiger partial charge on any atom is 0.391 e. The zero-order valence-corrected chi connectivity index (χ0v) is 11.2. The Morgan fingerprint density at radius 2 is 2.11 bits per heavy atom. The van der Waals surface area contributed by atoms with Crippen LogP contribution < -0.4 is 0 Å². The molecule has 1 rings (SSSR count). The second-order valence-corrected chi connectivity index (χ2v) is 4.96. The number of hydrogen-bond acceptors (Lipinski definition) is 2. The molecule has 1 amide bonds. The molecule has 1 aliphatic carbocycles. The molecule has 2 unspecified atom stereocenters. The minimum Gasteiger partial charge on any atom is -0.338 e. The Kier molecular flexibility index (Phi) is 5.92. The zero-order chi connectivity index (χ0) is 14.5. The van der Waals surface area contributed by atoms with Gasteiger partial charge in [-0.25, -0.2) is 0 Å². The summed E-state index contributed by atoms with van der Waals surface area (Å²) in [4.78, 5) is 13.0. The lowest BCUT2D eigenvalue weighted by atomic mass is 9.84. The number of rotatable bonds is 4. The molecule has 0 radical (unpaired) electrons. The molecule has 0 aliphatic heterocycles. The second-order valence-electron chi connectivity index (χ2n) is 4.69. The lowest BCUT2D eigenvalue weighted by molar-refractivity contribution is -0.187. The van der Waals surface area contributed by atoms with Crippen LogP contribution in [-0.2, 0) is 4.79 Å². The first-order valence-electron chi connectivity index (χ1n) is 6.19. The van der Waals surface area contributed by atoms with Gasteiger partial charge in [-0.2, -0.15) is 18.4 Å². The van der Waals surface area contributed by atoms with Crippen molar-refractivity contribution >= 4 is 17.5 Å². The van der Waals surface area contributed by atoms with Crippen molar-refractivity contribution in [2.75, 3.05) is 12.4 Å². The van der Waals surface area contributed by atoms with Crippen molar-refractivity contribution in [1.29, 1.82) is 5.26 Å². The van der Waals surface area contributed by atoms with Crippen LogP contribution in [0.1, 0.15) is 32.1 Å². The van der Waals surface area contributed by atoms with Gasteiger partial charge in [0, 0.05) is 12.6 Å². The smallest absolute Gasteiger partial charge is 0.338 e. The molecule has 3 nitrogen and oxygen atoms in total. The summed E-state index contributed by atoms with van der Waals surface area (Å²) >= 11 is 5.47. The molecule has 0 aromatic rings. The summed E-state index contributed by atoms with van der Waals surface area (Å²) in [5, 5.41) is 8.55. The van der Waals surface area contributed by atoms with Gasteiger partial charge < -0.3 is 4.90 Å². The number of hydrogen-bond donors (Lipinski definition) is 0. The lowest BCUT2D eigenvalue weighted by Crippen LogP contribution is -2.46. The minimum absolute atomic E-state index is 0.0858. The highest BCUT2D eigenvalue weighted by atomic mass is 35.5. The molecular formula is C12H16ClF3N2O. The molecule has 0 N–H and O–H groups in total. The standard InChI is InChI=1S/C12H16ClF3N2O/c13-8-11(19)18(6-2-5-17)10-4-1-3-9(7-10)12(14,15)16/h9-10H,1-4,6-8H2. The average Bonchev–Trinajstić information content (AvgIpc) is 2.38. The monoisotopic (exact) mass is 296 g/mol. The van der Waals surface area contributed by atoms with E-state index in [4.69, 9.17) is 16.9 Å². The molecule has 0 aromatic carbocycles. The van der Waals surface area contributed by atoms with Crippen LogP contribution in [0.15, 0.2) is 0 Å². The molecular weight excluding hydrogens is 281 g/mol. The van der Waals surface area contributed by atoms with Crippen LogP contribution in [0.25, 0.3) is 0 Å². The summed E-state index contributed by atoms with van der Waals surface area (Å²) in [6.45, 7) is 0.150. The van der Waals surface area contributed by atoms with Crippen LogP contribution in [0, 0.1) is 17.2 Å². The average molecular weight is 297 g/mol. The summed E-state index contributed by atoms with van der Waals surface area (Å²) in [7, 11) is 0. The van der Waals surface area contributed by atoms with Crippen molar-refractivity contribution in [3.8, 4) is 6.07 Å². The zero-order valence-electron chi connectivity index (χ0n) is 10.4. The maximum atomic E-state index is 12.7. The highest BCUT2D eigenvalue weighted by molar-refractivity contribution is 6.27. The molecule has 1 fully saturated rings. The van der Waals surface area contributed by atoms with Gasteiger partial charge in [0.2, 0.25) is 5.91 Å². The molecule has 0 heterocycles. The fraction of sp³-hybridized carbons (Fsp3) is 0.833. The second kappa shape index (κ2) is 6.99. The van der Waals surface area contributed by atoms with Gasteiger partial charge in [-0.05, 0) is 19.3 Å². The third-order valence-electron chi connectivity index (χ3n) is 3.45. The van der Waals surface area contributed by atoms with E-state index in [0.717, 1.165) is 0 Å². The Balaban J connectivity index is 2.73. The SMILES string of the molecule is N#CCCN(C(=O)CCl)C1CCCC(C(F)(F)F)C1. The van der Waals surface area contributed by atoms with Crippen LogP contribution in [0.2, 0.25) is 0 Å². The van der Waals surface area contributed by atoms with Crippen molar-refractivity contribution in [3.05, 3.63) is 0 Å².